The average molecular weight is 396 g/mol. The SMILES string of the molecule is Cc1cc(NC(=O)CN2C(=O)N[C@](C)(c3cccc(C(F)(F)F)c3)C2=O)no1. The van der Waals surface area contributed by atoms with Gasteiger partial charge in [0.15, 0.2) is 5.82 Å². The van der Waals surface area contributed by atoms with Gasteiger partial charge in [0.25, 0.3) is 5.91 Å². The number of nitrogens with one attached hydrogen (secondary N) is 2. The summed E-state index contributed by atoms with van der Waals surface area (Å²) in [6.45, 7) is 2.26. The van der Waals surface area contributed by atoms with E-state index in [-0.39, 0.29) is 11.4 Å². The molecule has 1 aromatic carbocycles. The quantitative estimate of drug-likeness (QED) is 0.773. The lowest BCUT2D eigenvalue weighted by Gasteiger charge is -2.23. The van der Waals surface area contributed by atoms with Crippen molar-refractivity contribution in [2.24, 2.45) is 0 Å². The maximum absolute atomic E-state index is 13.0. The monoisotopic (exact) mass is 396 g/mol. The van der Waals surface area contributed by atoms with Crippen molar-refractivity contribution in [3.63, 3.8) is 0 Å². The highest BCUT2D eigenvalue weighted by Crippen LogP contribution is 2.34. The molecule has 0 bridgehead atoms. The molecule has 1 fully saturated rings. The van der Waals surface area contributed by atoms with Gasteiger partial charge in [-0.15, -0.1) is 0 Å². The predicted octanol–water partition coefficient (Wildman–Crippen LogP) is 2.41. The lowest BCUT2D eigenvalue weighted by molar-refractivity contribution is -0.138. The average Bonchev–Trinajstić information content (AvgIpc) is 3.11. The van der Waals surface area contributed by atoms with Crippen LogP contribution in [-0.2, 0) is 21.3 Å². The van der Waals surface area contributed by atoms with E-state index in [2.05, 4.69) is 15.8 Å². The topological polar surface area (TPSA) is 105 Å². The third-order valence-electron chi connectivity index (χ3n) is 4.24. The number of urea groups is 1. The van der Waals surface area contributed by atoms with E-state index in [9.17, 15) is 27.6 Å². The number of aromatic nitrogens is 1. The minimum atomic E-state index is -4.60. The molecule has 1 aromatic heterocycles. The van der Waals surface area contributed by atoms with Gasteiger partial charge in [0, 0.05) is 6.07 Å². The number of nitrogens with zero attached hydrogens (tertiary/aromatic N) is 2. The van der Waals surface area contributed by atoms with E-state index in [4.69, 9.17) is 4.52 Å². The molecule has 0 spiro atoms. The summed E-state index contributed by atoms with van der Waals surface area (Å²) >= 11 is 0. The number of benzene rings is 1. The van der Waals surface area contributed by atoms with E-state index < -0.39 is 41.7 Å². The van der Waals surface area contributed by atoms with Gasteiger partial charge in [0.2, 0.25) is 5.91 Å². The highest BCUT2D eigenvalue weighted by molar-refractivity contribution is 6.10. The number of hydrogen-bond donors (Lipinski definition) is 2. The van der Waals surface area contributed by atoms with Crippen molar-refractivity contribution in [3.05, 3.63) is 47.2 Å². The molecule has 11 heteroatoms. The number of alkyl halides is 3. The zero-order valence-electron chi connectivity index (χ0n) is 14.8. The first kappa shape index (κ1) is 19.4. The van der Waals surface area contributed by atoms with Gasteiger partial charge in [-0.2, -0.15) is 13.2 Å². The Kier molecular flexibility index (Phi) is 4.61. The zero-order valence-corrected chi connectivity index (χ0v) is 14.8. The number of anilines is 1. The van der Waals surface area contributed by atoms with Crippen LogP contribution in [0, 0.1) is 6.92 Å². The van der Waals surface area contributed by atoms with Crippen LogP contribution < -0.4 is 10.6 Å². The van der Waals surface area contributed by atoms with Crippen molar-refractivity contribution >= 4 is 23.7 Å². The summed E-state index contributed by atoms with van der Waals surface area (Å²) in [5, 5.41) is 8.27. The molecule has 28 heavy (non-hydrogen) atoms. The van der Waals surface area contributed by atoms with Gasteiger partial charge in [0.1, 0.15) is 17.8 Å². The smallest absolute Gasteiger partial charge is 0.360 e. The standard InChI is InChI=1S/C17H15F3N4O4/c1-9-6-12(23-28-9)21-13(25)8-24-14(26)16(2,22-15(24)27)10-4-3-5-11(7-10)17(18,19)20/h3-7H,8H2,1-2H3,(H,22,27)(H,21,23,25)/t16-/m1/s1. The normalized spacial score (nSPS) is 19.7. The van der Waals surface area contributed by atoms with Crippen LogP contribution in [-0.4, -0.2) is 34.4 Å². The van der Waals surface area contributed by atoms with Gasteiger partial charge in [-0.1, -0.05) is 17.3 Å². The van der Waals surface area contributed by atoms with Crippen LogP contribution in [0.4, 0.5) is 23.8 Å². The molecule has 0 aliphatic carbocycles. The highest BCUT2D eigenvalue weighted by atomic mass is 19.4. The first-order valence-corrected chi connectivity index (χ1v) is 8.06. The first-order chi connectivity index (χ1) is 13.0. The Labute approximate surface area is 156 Å². The van der Waals surface area contributed by atoms with E-state index in [0.717, 1.165) is 18.2 Å². The molecule has 2 aromatic rings. The fourth-order valence-electron chi connectivity index (χ4n) is 2.79. The Balaban J connectivity index is 1.80. The summed E-state index contributed by atoms with van der Waals surface area (Å²) in [7, 11) is 0. The van der Waals surface area contributed by atoms with Crippen LogP contribution in [0.15, 0.2) is 34.9 Å². The molecule has 0 radical (unpaired) electrons. The Morgan fingerprint density at radius 3 is 2.64 bits per heavy atom. The van der Waals surface area contributed by atoms with E-state index >= 15 is 0 Å². The minimum Gasteiger partial charge on any atom is -0.360 e. The van der Waals surface area contributed by atoms with Gasteiger partial charge in [-0.05, 0) is 31.5 Å². The number of aryl methyl sites for hydroxylation is 1. The van der Waals surface area contributed by atoms with Crippen molar-refractivity contribution in [1.82, 2.24) is 15.4 Å². The summed E-state index contributed by atoms with van der Waals surface area (Å²) < 4.78 is 43.7. The number of carbonyl (C=O) groups excluding carboxylic acids is 3. The fourth-order valence-corrected chi connectivity index (χ4v) is 2.79. The van der Waals surface area contributed by atoms with Crippen molar-refractivity contribution in [1.29, 1.82) is 0 Å². The lowest BCUT2D eigenvalue weighted by Crippen LogP contribution is -2.42. The van der Waals surface area contributed by atoms with Gasteiger partial charge < -0.3 is 15.2 Å². The van der Waals surface area contributed by atoms with Crippen LogP contribution in [0.2, 0.25) is 0 Å². The Bertz CT molecular complexity index is 956. The number of halogens is 3. The Morgan fingerprint density at radius 1 is 1.32 bits per heavy atom. The minimum absolute atomic E-state index is 0.0456. The molecule has 1 aliphatic rings. The Hall–Kier alpha value is -3.37. The van der Waals surface area contributed by atoms with Gasteiger partial charge in [-0.3, -0.25) is 14.5 Å². The predicted molar refractivity (Wildman–Crippen MR) is 88.9 cm³/mol. The second kappa shape index (κ2) is 6.66. The molecule has 2 heterocycles. The number of hydrogen-bond acceptors (Lipinski definition) is 5. The van der Waals surface area contributed by atoms with E-state index in [1.54, 1.807) is 6.92 Å². The third-order valence-corrected chi connectivity index (χ3v) is 4.24. The zero-order chi connectivity index (χ0) is 20.7. The highest BCUT2D eigenvalue weighted by Gasteiger charge is 2.50. The summed E-state index contributed by atoms with van der Waals surface area (Å²) in [6, 6.07) is 4.65. The lowest BCUT2D eigenvalue weighted by atomic mass is 9.90. The van der Waals surface area contributed by atoms with Crippen molar-refractivity contribution in [2.75, 3.05) is 11.9 Å². The molecule has 148 valence electrons. The van der Waals surface area contributed by atoms with Crippen LogP contribution in [0.1, 0.15) is 23.8 Å². The van der Waals surface area contributed by atoms with Crippen LogP contribution >= 0.6 is 0 Å². The van der Waals surface area contributed by atoms with Crippen molar-refractivity contribution in [2.45, 2.75) is 25.6 Å². The molecular weight excluding hydrogens is 381 g/mol. The molecule has 4 amide bonds. The second-order valence-electron chi connectivity index (χ2n) is 6.40. The summed E-state index contributed by atoms with van der Waals surface area (Å²) in [5.41, 5.74) is -2.73. The van der Waals surface area contributed by atoms with Gasteiger partial charge in [0.05, 0.1) is 5.56 Å². The van der Waals surface area contributed by atoms with E-state index in [1.807, 2.05) is 0 Å². The van der Waals surface area contributed by atoms with Gasteiger partial charge >= 0.3 is 12.2 Å². The molecule has 0 saturated carbocycles. The third kappa shape index (κ3) is 3.55. The number of imide groups is 1. The molecule has 2 N–H and O–H groups in total. The van der Waals surface area contributed by atoms with Crippen molar-refractivity contribution in [3.8, 4) is 0 Å². The molecule has 3 rings (SSSR count). The van der Waals surface area contributed by atoms with E-state index in [0.29, 0.717) is 10.7 Å². The maximum atomic E-state index is 13.0. The molecule has 8 nitrogen and oxygen atoms in total. The first-order valence-electron chi connectivity index (χ1n) is 8.06. The van der Waals surface area contributed by atoms with Crippen molar-refractivity contribution < 1.29 is 32.1 Å². The van der Waals surface area contributed by atoms with Crippen LogP contribution in [0.25, 0.3) is 0 Å². The number of rotatable bonds is 4. The molecule has 1 aliphatic heterocycles. The summed E-state index contributed by atoms with van der Waals surface area (Å²) in [4.78, 5) is 37.7. The number of amides is 4. The largest absolute Gasteiger partial charge is 0.416 e. The van der Waals surface area contributed by atoms with E-state index in [1.165, 1.54) is 19.1 Å². The second-order valence-corrected chi connectivity index (χ2v) is 6.40. The Morgan fingerprint density at radius 2 is 2.04 bits per heavy atom. The summed E-state index contributed by atoms with van der Waals surface area (Å²) in [5.74, 6) is -1.01. The fraction of sp³-hybridized carbons (Fsp3) is 0.294. The molecule has 1 saturated heterocycles. The molecule has 1 atom stereocenters. The molecule has 0 unspecified atom stereocenters. The molecular formula is C17H15F3N4O4. The van der Waals surface area contributed by atoms with Gasteiger partial charge in [-0.25, -0.2) is 4.79 Å². The van der Waals surface area contributed by atoms with Crippen LogP contribution in [0.5, 0.6) is 0 Å². The maximum Gasteiger partial charge on any atom is 0.416 e. The summed E-state index contributed by atoms with van der Waals surface area (Å²) in [6.07, 6.45) is -4.60. The van der Waals surface area contributed by atoms with Crippen LogP contribution in [0.3, 0.4) is 0 Å². The number of carbonyl (C=O) groups is 3.